The lowest BCUT2D eigenvalue weighted by atomic mass is 10.1. The average molecular weight is 546 g/mol. The number of aliphatic hydroxyl groups excluding tert-OH is 1. The summed E-state index contributed by atoms with van der Waals surface area (Å²) < 4.78 is 40.2. The number of nitrogens with zero attached hydrogens (tertiary/aromatic N) is 1. The maximum atomic E-state index is 14.1. The van der Waals surface area contributed by atoms with Gasteiger partial charge in [-0.25, -0.2) is 18.0 Å². The molecule has 0 bridgehead atoms. The minimum atomic E-state index is -4.19. The van der Waals surface area contributed by atoms with Crippen molar-refractivity contribution >= 4 is 22.2 Å². The minimum Gasteiger partial charge on any atom is -0.444 e. The smallest absolute Gasteiger partial charge is 0.409 e. The standard InChI is InChI=1S/C26H47N3O7S/c1-20(2)18-29(21(19-30)14-10-13-17-27-22(31)35-24(3,4)5)37(33,34)26(15-11-9-12-16-26)28-23(32)36-25(6,7)8/h9,11-12,15,20-21,30H,10,13-14,16-19H2,1-8H3,(H,27,31)(H,28,32)/t21?,26-/m1/s1. The molecule has 2 amide bonds. The van der Waals surface area contributed by atoms with Crippen LogP contribution in [0.25, 0.3) is 0 Å². The summed E-state index contributed by atoms with van der Waals surface area (Å²) in [5, 5.41) is 15.5. The van der Waals surface area contributed by atoms with Crippen molar-refractivity contribution in [1.82, 2.24) is 14.9 Å². The molecular weight excluding hydrogens is 498 g/mol. The van der Waals surface area contributed by atoms with Crippen molar-refractivity contribution in [1.29, 1.82) is 0 Å². The Balaban J connectivity index is 3.06. The van der Waals surface area contributed by atoms with Gasteiger partial charge in [0.15, 0.2) is 4.87 Å². The van der Waals surface area contributed by atoms with Crippen molar-refractivity contribution < 1.29 is 32.6 Å². The van der Waals surface area contributed by atoms with E-state index < -0.39 is 44.3 Å². The lowest BCUT2D eigenvalue weighted by Gasteiger charge is -2.40. The number of rotatable bonds is 12. The van der Waals surface area contributed by atoms with Crippen LogP contribution < -0.4 is 10.6 Å². The molecule has 1 unspecified atom stereocenters. The van der Waals surface area contributed by atoms with E-state index in [9.17, 15) is 23.1 Å². The van der Waals surface area contributed by atoms with Gasteiger partial charge in [0.25, 0.3) is 0 Å². The number of carbonyl (C=O) groups excluding carboxylic acids is 2. The van der Waals surface area contributed by atoms with Crippen molar-refractivity contribution in [2.75, 3.05) is 19.7 Å². The van der Waals surface area contributed by atoms with Crippen LogP contribution in [0.2, 0.25) is 0 Å². The van der Waals surface area contributed by atoms with Gasteiger partial charge in [0.1, 0.15) is 11.2 Å². The molecule has 10 nitrogen and oxygen atoms in total. The average Bonchev–Trinajstić information content (AvgIpc) is 2.72. The third-order valence-electron chi connectivity index (χ3n) is 5.31. The van der Waals surface area contributed by atoms with Gasteiger partial charge in [-0.15, -0.1) is 0 Å². The molecule has 0 heterocycles. The highest BCUT2D eigenvalue weighted by Gasteiger charge is 2.49. The molecule has 214 valence electrons. The van der Waals surface area contributed by atoms with Crippen LogP contribution in [-0.2, 0) is 19.5 Å². The van der Waals surface area contributed by atoms with Gasteiger partial charge in [0, 0.05) is 25.6 Å². The summed E-state index contributed by atoms with van der Waals surface area (Å²) in [5.74, 6) is -0.0284. The van der Waals surface area contributed by atoms with E-state index in [-0.39, 0.29) is 25.5 Å². The SMILES string of the molecule is CC(C)CN(C(CO)CCCCNC(=O)OC(C)(C)C)S(=O)(=O)[C@]1(NC(=O)OC(C)(C)C)C=CC=CC1. The first-order valence-corrected chi connectivity index (χ1v) is 14.3. The minimum absolute atomic E-state index is 0.0254. The van der Waals surface area contributed by atoms with Crippen molar-refractivity contribution in [3.63, 3.8) is 0 Å². The molecule has 0 saturated heterocycles. The first-order valence-electron chi connectivity index (χ1n) is 12.9. The quantitative estimate of drug-likeness (QED) is 0.315. The Morgan fingerprint density at radius 3 is 2.11 bits per heavy atom. The lowest BCUT2D eigenvalue weighted by Crippen LogP contribution is -2.61. The molecular formula is C26H47N3O7S. The zero-order valence-corrected chi connectivity index (χ0v) is 24.5. The number of aliphatic hydroxyl groups is 1. The van der Waals surface area contributed by atoms with Crippen LogP contribution in [0.4, 0.5) is 9.59 Å². The van der Waals surface area contributed by atoms with E-state index in [1.54, 1.807) is 59.8 Å². The number of unbranched alkanes of at least 4 members (excludes halogenated alkanes) is 1. The molecule has 0 radical (unpaired) electrons. The topological polar surface area (TPSA) is 134 Å². The maximum Gasteiger partial charge on any atom is 0.409 e. The van der Waals surface area contributed by atoms with Gasteiger partial charge in [-0.3, -0.25) is 5.32 Å². The van der Waals surface area contributed by atoms with E-state index in [4.69, 9.17) is 9.47 Å². The molecule has 37 heavy (non-hydrogen) atoms. The predicted octanol–water partition coefficient (Wildman–Crippen LogP) is 4.07. The highest BCUT2D eigenvalue weighted by atomic mass is 32.2. The van der Waals surface area contributed by atoms with Gasteiger partial charge in [0.2, 0.25) is 10.0 Å². The number of alkyl carbamates (subject to hydrolysis) is 2. The first kappa shape index (κ1) is 32.9. The fraction of sp³-hybridized carbons (Fsp3) is 0.769. The number of nitrogens with one attached hydrogen (secondary N) is 2. The zero-order chi connectivity index (χ0) is 28.5. The van der Waals surface area contributed by atoms with Gasteiger partial charge >= 0.3 is 12.2 Å². The van der Waals surface area contributed by atoms with Crippen LogP contribution in [0.1, 0.15) is 81.1 Å². The van der Waals surface area contributed by atoms with Crippen molar-refractivity contribution in [2.45, 2.75) is 103 Å². The Morgan fingerprint density at radius 2 is 1.62 bits per heavy atom. The fourth-order valence-electron chi connectivity index (χ4n) is 3.77. The van der Waals surface area contributed by atoms with Gasteiger partial charge < -0.3 is 19.9 Å². The van der Waals surface area contributed by atoms with Crippen molar-refractivity contribution in [2.24, 2.45) is 5.92 Å². The molecule has 0 fully saturated rings. The summed E-state index contributed by atoms with van der Waals surface area (Å²) in [6, 6.07) is -0.703. The van der Waals surface area contributed by atoms with Gasteiger partial charge in [-0.05, 0) is 66.4 Å². The summed E-state index contributed by atoms with van der Waals surface area (Å²) in [6.45, 7) is 14.4. The van der Waals surface area contributed by atoms with E-state index >= 15 is 0 Å². The summed E-state index contributed by atoms with van der Waals surface area (Å²) in [7, 11) is -4.19. The first-order chi connectivity index (χ1) is 16.9. The molecule has 1 aliphatic rings. The molecule has 0 aromatic carbocycles. The highest BCUT2D eigenvalue weighted by molar-refractivity contribution is 7.90. The Bertz CT molecular complexity index is 917. The fourth-order valence-corrected chi connectivity index (χ4v) is 6.02. The van der Waals surface area contributed by atoms with Crippen LogP contribution in [0.15, 0.2) is 24.3 Å². The Labute approximate surface area is 222 Å². The molecule has 11 heteroatoms. The van der Waals surface area contributed by atoms with E-state index in [0.717, 1.165) is 0 Å². The molecule has 3 N–H and O–H groups in total. The number of hydrogen-bond donors (Lipinski definition) is 3. The molecule has 0 aromatic heterocycles. The molecule has 0 aromatic rings. The molecule has 2 atom stereocenters. The van der Waals surface area contributed by atoms with Crippen LogP contribution in [0.5, 0.6) is 0 Å². The maximum absolute atomic E-state index is 14.1. The molecule has 1 aliphatic carbocycles. The third-order valence-corrected chi connectivity index (χ3v) is 7.70. The lowest BCUT2D eigenvalue weighted by molar-refractivity contribution is 0.0494. The number of amides is 2. The Kier molecular flexibility index (Phi) is 12.1. The number of ether oxygens (including phenoxy) is 2. The third kappa shape index (κ3) is 11.0. The van der Waals surface area contributed by atoms with Crippen LogP contribution >= 0.6 is 0 Å². The van der Waals surface area contributed by atoms with Crippen LogP contribution in [-0.4, -0.2) is 71.8 Å². The van der Waals surface area contributed by atoms with Crippen molar-refractivity contribution in [3.05, 3.63) is 24.3 Å². The summed E-state index contributed by atoms with van der Waals surface area (Å²) in [4.78, 5) is 22.8. The predicted molar refractivity (Wildman–Crippen MR) is 144 cm³/mol. The zero-order valence-electron chi connectivity index (χ0n) is 23.7. The summed E-state index contributed by atoms with van der Waals surface area (Å²) in [6.07, 6.45) is 6.64. The van der Waals surface area contributed by atoms with Crippen LogP contribution in [0, 0.1) is 5.92 Å². The molecule has 0 aliphatic heterocycles. The second-order valence-electron chi connectivity index (χ2n) is 11.7. The van der Waals surface area contributed by atoms with E-state index in [2.05, 4.69) is 10.6 Å². The number of allylic oxidation sites excluding steroid dienone is 2. The van der Waals surface area contributed by atoms with E-state index in [1.165, 1.54) is 10.4 Å². The summed E-state index contributed by atoms with van der Waals surface area (Å²) in [5.41, 5.74) is -1.40. The second-order valence-corrected chi connectivity index (χ2v) is 13.9. The Hall–Kier alpha value is -2.11. The van der Waals surface area contributed by atoms with Crippen molar-refractivity contribution in [3.8, 4) is 0 Å². The largest absolute Gasteiger partial charge is 0.444 e. The van der Waals surface area contributed by atoms with Gasteiger partial charge in [-0.2, -0.15) is 4.31 Å². The monoisotopic (exact) mass is 545 g/mol. The second kappa shape index (κ2) is 13.6. The number of carbonyl (C=O) groups is 2. The highest BCUT2D eigenvalue weighted by Crippen LogP contribution is 2.31. The van der Waals surface area contributed by atoms with Gasteiger partial charge in [0.05, 0.1) is 6.61 Å². The molecule has 0 saturated carbocycles. The Morgan fingerprint density at radius 1 is 1.03 bits per heavy atom. The van der Waals surface area contributed by atoms with Crippen LogP contribution in [0.3, 0.4) is 0 Å². The molecule has 1 rings (SSSR count). The van der Waals surface area contributed by atoms with Gasteiger partial charge in [-0.1, -0.05) is 38.5 Å². The van der Waals surface area contributed by atoms with E-state index in [1.807, 2.05) is 13.8 Å². The normalized spacial score (nSPS) is 19.1. The van der Waals surface area contributed by atoms with E-state index in [0.29, 0.717) is 25.8 Å². The summed E-state index contributed by atoms with van der Waals surface area (Å²) >= 11 is 0. The molecule has 0 spiro atoms. The number of sulfonamides is 1. The number of hydrogen-bond acceptors (Lipinski definition) is 7.